The van der Waals surface area contributed by atoms with Crippen LogP contribution in [-0.4, -0.2) is 32.8 Å². The number of hydrogen-bond acceptors (Lipinski definition) is 3. The van der Waals surface area contributed by atoms with Crippen molar-refractivity contribution in [2.24, 2.45) is 0 Å². The average Bonchev–Trinajstić information content (AvgIpc) is 2.11. The molecule has 0 saturated heterocycles. The van der Waals surface area contributed by atoms with Crippen molar-refractivity contribution in [1.29, 1.82) is 0 Å². The van der Waals surface area contributed by atoms with Gasteiger partial charge in [-0.3, -0.25) is 0 Å². The SMILES string of the molecule is CCCNCCS(=O)(=O)NC(C)(C)CC. The van der Waals surface area contributed by atoms with Gasteiger partial charge in [0.05, 0.1) is 5.75 Å². The zero-order chi connectivity index (χ0) is 11.9. The van der Waals surface area contributed by atoms with E-state index in [-0.39, 0.29) is 11.3 Å². The second kappa shape index (κ2) is 6.45. The lowest BCUT2D eigenvalue weighted by Crippen LogP contribution is -2.45. The molecule has 0 radical (unpaired) electrons. The van der Waals surface area contributed by atoms with Crippen molar-refractivity contribution >= 4 is 10.0 Å². The molecule has 0 aromatic heterocycles. The maximum atomic E-state index is 11.6. The fourth-order valence-electron chi connectivity index (χ4n) is 1.05. The summed E-state index contributed by atoms with van der Waals surface area (Å²) in [5, 5.41) is 3.08. The van der Waals surface area contributed by atoms with Gasteiger partial charge in [0.2, 0.25) is 10.0 Å². The van der Waals surface area contributed by atoms with Crippen LogP contribution >= 0.6 is 0 Å². The van der Waals surface area contributed by atoms with Gasteiger partial charge in [0.25, 0.3) is 0 Å². The molecule has 5 heteroatoms. The van der Waals surface area contributed by atoms with Crippen LogP contribution in [0.25, 0.3) is 0 Å². The van der Waals surface area contributed by atoms with Crippen LogP contribution in [0.5, 0.6) is 0 Å². The summed E-state index contributed by atoms with van der Waals surface area (Å²) in [6, 6.07) is 0. The zero-order valence-corrected chi connectivity index (χ0v) is 11.1. The molecule has 0 bridgehead atoms. The molecule has 0 amide bonds. The van der Waals surface area contributed by atoms with E-state index in [4.69, 9.17) is 0 Å². The van der Waals surface area contributed by atoms with Crippen LogP contribution in [0.4, 0.5) is 0 Å². The minimum Gasteiger partial charge on any atom is -0.316 e. The number of hydrogen-bond donors (Lipinski definition) is 2. The summed E-state index contributed by atoms with van der Waals surface area (Å²) in [4.78, 5) is 0. The minimum atomic E-state index is -3.14. The van der Waals surface area contributed by atoms with Gasteiger partial charge in [0.15, 0.2) is 0 Å². The molecule has 15 heavy (non-hydrogen) atoms. The molecule has 4 nitrogen and oxygen atoms in total. The van der Waals surface area contributed by atoms with Crippen LogP contribution in [0.1, 0.15) is 40.5 Å². The van der Waals surface area contributed by atoms with Gasteiger partial charge in [-0.2, -0.15) is 0 Å². The Kier molecular flexibility index (Phi) is 6.40. The van der Waals surface area contributed by atoms with Crippen molar-refractivity contribution < 1.29 is 8.42 Å². The van der Waals surface area contributed by atoms with Crippen LogP contribution in [0.2, 0.25) is 0 Å². The molecule has 0 aliphatic carbocycles. The van der Waals surface area contributed by atoms with E-state index in [1.54, 1.807) is 0 Å². The fourth-order valence-corrected chi connectivity index (χ4v) is 2.55. The number of nitrogens with one attached hydrogen (secondary N) is 2. The second-order valence-electron chi connectivity index (χ2n) is 4.41. The first-order valence-electron chi connectivity index (χ1n) is 5.55. The first-order valence-corrected chi connectivity index (χ1v) is 7.20. The predicted molar refractivity (Wildman–Crippen MR) is 64.5 cm³/mol. The standard InChI is InChI=1S/C10H24N2O2S/c1-5-7-11-8-9-15(13,14)12-10(3,4)6-2/h11-12H,5-9H2,1-4H3. The van der Waals surface area contributed by atoms with E-state index in [0.29, 0.717) is 6.54 Å². The van der Waals surface area contributed by atoms with Gasteiger partial charge in [-0.25, -0.2) is 13.1 Å². The monoisotopic (exact) mass is 236 g/mol. The normalized spacial score (nSPS) is 13.1. The van der Waals surface area contributed by atoms with E-state index in [1.165, 1.54) is 0 Å². The summed E-state index contributed by atoms with van der Waals surface area (Å²) in [6.45, 7) is 9.20. The summed E-state index contributed by atoms with van der Waals surface area (Å²) < 4.78 is 25.9. The predicted octanol–water partition coefficient (Wildman–Crippen LogP) is 1.09. The highest BCUT2D eigenvalue weighted by Crippen LogP contribution is 2.08. The molecule has 0 heterocycles. The summed E-state index contributed by atoms with van der Waals surface area (Å²) in [5.74, 6) is 0.149. The Morgan fingerprint density at radius 2 is 1.73 bits per heavy atom. The largest absolute Gasteiger partial charge is 0.316 e. The third-order valence-electron chi connectivity index (χ3n) is 2.29. The maximum absolute atomic E-state index is 11.6. The van der Waals surface area contributed by atoms with Crippen molar-refractivity contribution in [3.63, 3.8) is 0 Å². The van der Waals surface area contributed by atoms with E-state index in [2.05, 4.69) is 17.0 Å². The van der Waals surface area contributed by atoms with Crippen molar-refractivity contribution in [1.82, 2.24) is 10.0 Å². The van der Waals surface area contributed by atoms with Gasteiger partial charge in [0, 0.05) is 12.1 Å². The van der Waals surface area contributed by atoms with Crippen LogP contribution in [0, 0.1) is 0 Å². The summed E-state index contributed by atoms with van der Waals surface area (Å²) in [7, 11) is -3.14. The highest BCUT2D eigenvalue weighted by atomic mass is 32.2. The van der Waals surface area contributed by atoms with Gasteiger partial charge < -0.3 is 5.32 Å². The van der Waals surface area contributed by atoms with E-state index in [0.717, 1.165) is 19.4 Å². The Labute approximate surface area is 93.9 Å². The average molecular weight is 236 g/mol. The Morgan fingerprint density at radius 3 is 2.20 bits per heavy atom. The van der Waals surface area contributed by atoms with Crippen LogP contribution in [0.3, 0.4) is 0 Å². The van der Waals surface area contributed by atoms with E-state index >= 15 is 0 Å². The van der Waals surface area contributed by atoms with Gasteiger partial charge in [-0.05, 0) is 33.2 Å². The van der Waals surface area contributed by atoms with Gasteiger partial charge in [0.1, 0.15) is 0 Å². The molecule has 0 fully saturated rings. The first-order chi connectivity index (χ1) is 6.83. The third-order valence-corrected chi connectivity index (χ3v) is 3.90. The molecular weight excluding hydrogens is 212 g/mol. The molecule has 0 aliphatic heterocycles. The Morgan fingerprint density at radius 1 is 1.13 bits per heavy atom. The zero-order valence-electron chi connectivity index (χ0n) is 10.3. The molecular formula is C10H24N2O2S. The van der Waals surface area contributed by atoms with Gasteiger partial charge >= 0.3 is 0 Å². The molecule has 0 aliphatic rings. The summed E-state index contributed by atoms with van der Waals surface area (Å²) in [5.41, 5.74) is -0.344. The van der Waals surface area contributed by atoms with Crippen LogP contribution in [0.15, 0.2) is 0 Å². The molecule has 92 valence electrons. The lowest BCUT2D eigenvalue weighted by Gasteiger charge is -2.24. The van der Waals surface area contributed by atoms with Crippen molar-refractivity contribution in [2.45, 2.75) is 46.1 Å². The smallest absolute Gasteiger partial charge is 0.213 e. The summed E-state index contributed by atoms with van der Waals surface area (Å²) in [6.07, 6.45) is 1.81. The molecule has 0 unspecified atom stereocenters. The fraction of sp³-hybridized carbons (Fsp3) is 1.00. The molecule has 0 atom stereocenters. The molecule has 0 aromatic rings. The van der Waals surface area contributed by atoms with Gasteiger partial charge in [-0.1, -0.05) is 13.8 Å². The first kappa shape index (κ1) is 14.9. The maximum Gasteiger partial charge on any atom is 0.213 e. The number of rotatable bonds is 8. The van der Waals surface area contributed by atoms with Crippen LogP contribution in [-0.2, 0) is 10.0 Å². The molecule has 0 spiro atoms. The van der Waals surface area contributed by atoms with Gasteiger partial charge in [-0.15, -0.1) is 0 Å². The van der Waals surface area contributed by atoms with E-state index < -0.39 is 10.0 Å². The molecule has 2 N–H and O–H groups in total. The van der Waals surface area contributed by atoms with E-state index in [1.807, 2.05) is 20.8 Å². The summed E-state index contributed by atoms with van der Waals surface area (Å²) >= 11 is 0. The minimum absolute atomic E-state index is 0.149. The highest BCUT2D eigenvalue weighted by Gasteiger charge is 2.22. The Balaban J connectivity index is 3.98. The molecule has 0 aromatic carbocycles. The lowest BCUT2D eigenvalue weighted by atomic mass is 10.0. The molecule has 0 saturated carbocycles. The number of sulfonamides is 1. The topological polar surface area (TPSA) is 58.2 Å². The van der Waals surface area contributed by atoms with Crippen molar-refractivity contribution in [3.8, 4) is 0 Å². The van der Waals surface area contributed by atoms with Crippen molar-refractivity contribution in [3.05, 3.63) is 0 Å². The lowest BCUT2D eigenvalue weighted by molar-refractivity contribution is 0.439. The highest BCUT2D eigenvalue weighted by molar-refractivity contribution is 7.89. The van der Waals surface area contributed by atoms with Crippen molar-refractivity contribution in [2.75, 3.05) is 18.8 Å². The van der Waals surface area contributed by atoms with Crippen LogP contribution < -0.4 is 10.0 Å². The Bertz CT molecular complexity index is 261. The second-order valence-corrected chi connectivity index (χ2v) is 6.25. The Hall–Kier alpha value is -0.130. The third kappa shape index (κ3) is 7.76. The quantitative estimate of drug-likeness (QED) is 0.620. The van der Waals surface area contributed by atoms with E-state index in [9.17, 15) is 8.42 Å². The molecule has 0 rings (SSSR count).